The van der Waals surface area contributed by atoms with Crippen LogP contribution in [0.5, 0.6) is 0 Å². The molecule has 0 bridgehead atoms. The van der Waals surface area contributed by atoms with Crippen LogP contribution in [0, 0.1) is 11.3 Å². The Bertz CT molecular complexity index is 243. The van der Waals surface area contributed by atoms with E-state index in [0.29, 0.717) is 0 Å². The van der Waals surface area contributed by atoms with E-state index in [9.17, 15) is 5.26 Å². The molecule has 1 aliphatic heterocycles. The molecule has 0 radical (unpaired) electrons. The van der Waals surface area contributed by atoms with Crippen molar-refractivity contribution in [3.8, 4) is 6.07 Å². The van der Waals surface area contributed by atoms with Gasteiger partial charge in [0.1, 0.15) is 0 Å². The minimum atomic E-state index is -1.61. The molecule has 1 heterocycles. The highest BCUT2D eigenvalue weighted by atomic mass is 28.4. The van der Waals surface area contributed by atoms with Crippen LogP contribution in [0.3, 0.4) is 0 Å². The number of hydrogen-bond donors (Lipinski definition) is 0. The van der Waals surface area contributed by atoms with E-state index in [1.165, 1.54) is 0 Å². The first-order chi connectivity index (χ1) is 6.41. The van der Waals surface area contributed by atoms with Gasteiger partial charge in [0.05, 0.1) is 6.07 Å². The Balaban J connectivity index is 2.67. The first kappa shape index (κ1) is 11.7. The molecular formula is C10H20N2OSi. The highest BCUT2D eigenvalue weighted by molar-refractivity contribution is 6.69. The van der Waals surface area contributed by atoms with Gasteiger partial charge in [-0.15, -0.1) is 0 Å². The smallest absolute Gasteiger partial charge is 0.185 e. The summed E-state index contributed by atoms with van der Waals surface area (Å²) in [6.07, 6.45) is 0.863. The Kier molecular flexibility index (Phi) is 3.35. The van der Waals surface area contributed by atoms with Crippen molar-refractivity contribution in [3.63, 3.8) is 0 Å². The van der Waals surface area contributed by atoms with Crippen LogP contribution in [-0.4, -0.2) is 38.5 Å². The average Bonchev–Trinajstić information content (AvgIpc) is 2.46. The van der Waals surface area contributed by atoms with Crippen molar-refractivity contribution in [1.82, 2.24) is 4.90 Å². The second kappa shape index (κ2) is 4.01. The number of likely N-dealkylation sites (N-methyl/N-ethyl adjacent to an activating group) is 1. The van der Waals surface area contributed by atoms with Crippen LogP contribution in [0.1, 0.15) is 13.3 Å². The molecule has 1 aliphatic rings. The van der Waals surface area contributed by atoms with E-state index in [2.05, 4.69) is 37.5 Å². The van der Waals surface area contributed by atoms with Gasteiger partial charge in [-0.1, -0.05) is 6.92 Å². The van der Waals surface area contributed by atoms with E-state index in [-0.39, 0.29) is 0 Å². The largest absolute Gasteiger partial charge is 0.399 e. The molecule has 1 unspecified atom stereocenters. The predicted octanol–water partition coefficient (Wildman–Crippen LogP) is 1.83. The van der Waals surface area contributed by atoms with E-state index in [1.54, 1.807) is 0 Å². The Morgan fingerprint density at radius 2 is 2.14 bits per heavy atom. The van der Waals surface area contributed by atoms with Crippen LogP contribution in [0.2, 0.25) is 19.6 Å². The van der Waals surface area contributed by atoms with Crippen LogP contribution in [0.4, 0.5) is 0 Å². The van der Waals surface area contributed by atoms with Crippen LogP contribution in [0.25, 0.3) is 0 Å². The van der Waals surface area contributed by atoms with Crippen molar-refractivity contribution in [2.24, 2.45) is 0 Å². The Hall–Kier alpha value is -0.373. The minimum absolute atomic E-state index is 0.513. The van der Waals surface area contributed by atoms with Crippen LogP contribution in [-0.2, 0) is 4.43 Å². The van der Waals surface area contributed by atoms with Crippen molar-refractivity contribution in [1.29, 1.82) is 5.26 Å². The van der Waals surface area contributed by atoms with Gasteiger partial charge in [0.15, 0.2) is 13.9 Å². The molecule has 0 aromatic carbocycles. The summed E-state index contributed by atoms with van der Waals surface area (Å²) in [6, 6.07) is 2.37. The monoisotopic (exact) mass is 212 g/mol. The van der Waals surface area contributed by atoms with Crippen molar-refractivity contribution >= 4 is 8.32 Å². The summed E-state index contributed by atoms with van der Waals surface area (Å²) in [4.78, 5) is 2.28. The summed E-state index contributed by atoms with van der Waals surface area (Å²) in [5.41, 5.74) is -0.513. The Morgan fingerprint density at radius 3 is 2.50 bits per heavy atom. The van der Waals surface area contributed by atoms with Gasteiger partial charge >= 0.3 is 0 Å². The van der Waals surface area contributed by atoms with Gasteiger partial charge in [0, 0.05) is 19.5 Å². The fraction of sp³-hybridized carbons (Fsp3) is 0.900. The quantitative estimate of drug-likeness (QED) is 0.670. The molecule has 1 atom stereocenters. The zero-order chi connectivity index (χ0) is 10.8. The normalized spacial score (nSPS) is 29.1. The first-order valence-corrected chi connectivity index (χ1v) is 8.65. The highest BCUT2D eigenvalue weighted by Crippen LogP contribution is 2.28. The SMILES string of the molecule is CCN1CCC(C#N)(O[Si](C)(C)C)C1. The maximum atomic E-state index is 9.21. The third-order valence-corrected chi connectivity index (χ3v) is 3.47. The van der Waals surface area contributed by atoms with Gasteiger partial charge in [-0.3, -0.25) is 4.90 Å². The molecule has 0 N–H and O–H groups in total. The number of hydrogen-bond acceptors (Lipinski definition) is 3. The lowest BCUT2D eigenvalue weighted by Gasteiger charge is -2.30. The van der Waals surface area contributed by atoms with E-state index < -0.39 is 13.9 Å². The standard InChI is InChI=1S/C10H20N2OSi/c1-5-12-7-6-10(8-11,9-12)13-14(2,3)4/h5-7,9H2,1-4H3. The Morgan fingerprint density at radius 1 is 1.50 bits per heavy atom. The molecule has 3 nitrogen and oxygen atoms in total. The van der Waals surface area contributed by atoms with Crippen molar-refractivity contribution < 1.29 is 4.43 Å². The topological polar surface area (TPSA) is 36.3 Å². The van der Waals surface area contributed by atoms with Crippen LogP contribution in [0.15, 0.2) is 0 Å². The molecule has 0 aliphatic carbocycles. The summed E-state index contributed by atoms with van der Waals surface area (Å²) in [5, 5.41) is 9.21. The third-order valence-electron chi connectivity index (χ3n) is 2.46. The second-order valence-electron chi connectivity index (χ2n) is 4.94. The lowest BCUT2D eigenvalue weighted by Crippen LogP contribution is -2.43. The molecule has 0 amide bonds. The van der Waals surface area contributed by atoms with Gasteiger partial charge in [-0.05, 0) is 26.2 Å². The molecular weight excluding hydrogens is 192 g/mol. The Labute approximate surface area is 87.8 Å². The van der Waals surface area contributed by atoms with Crippen molar-refractivity contribution in [2.75, 3.05) is 19.6 Å². The van der Waals surface area contributed by atoms with E-state index in [1.807, 2.05) is 0 Å². The van der Waals surface area contributed by atoms with Crippen molar-refractivity contribution in [3.05, 3.63) is 0 Å². The molecule has 0 aromatic rings. The average molecular weight is 212 g/mol. The fourth-order valence-corrected chi connectivity index (χ4v) is 3.30. The van der Waals surface area contributed by atoms with E-state index >= 15 is 0 Å². The van der Waals surface area contributed by atoms with Crippen LogP contribution >= 0.6 is 0 Å². The number of likely N-dealkylation sites (tertiary alicyclic amines) is 1. The van der Waals surface area contributed by atoms with Gasteiger partial charge in [0.25, 0.3) is 0 Å². The molecule has 14 heavy (non-hydrogen) atoms. The van der Waals surface area contributed by atoms with Crippen molar-refractivity contribution in [2.45, 2.75) is 38.6 Å². The van der Waals surface area contributed by atoms with Gasteiger partial charge < -0.3 is 4.43 Å². The predicted molar refractivity (Wildman–Crippen MR) is 59.5 cm³/mol. The first-order valence-electron chi connectivity index (χ1n) is 5.24. The molecule has 0 saturated carbocycles. The second-order valence-corrected chi connectivity index (χ2v) is 9.37. The summed E-state index contributed by atoms with van der Waals surface area (Å²) >= 11 is 0. The maximum Gasteiger partial charge on any atom is 0.185 e. The van der Waals surface area contributed by atoms with E-state index in [4.69, 9.17) is 4.43 Å². The van der Waals surface area contributed by atoms with E-state index in [0.717, 1.165) is 26.1 Å². The molecule has 1 rings (SSSR count). The van der Waals surface area contributed by atoms with Crippen LogP contribution < -0.4 is 0 Å². The molecule has 80 valence electrons. The van der Waals surface area contributed by atoms with Gasteiger partial charge in [-0.25, -0.2) is 0 Å². The number of nitriles is 1. The molecule has 1 fully saturated rings. The summed E-state index contributed by atoms with van der Waals surface area (Å²) in [5.74, 6) is 0. The van der Waals surface area contributed by atoms with Gasteiger partial charge in [-0.2, -0.15) is 5.26 Å². The van der Waals surface area contributed by atoms with Gasteiger partial charge in [0.2, 0.25) is 0 Å². The third kappa shape index (κ3) is 2.81. The minimum Gasteiger partial charge on any atom is -0.399 e. The molecule has 4 heteroatoms. The lowest BCUT2D eigenvalue weighted by molar-refractivity contribution is 0.126. The zero-order valence-corrected chi connectivity index (χ0v) is 10.6. The number of nitrogens with zero attached hydrogens (tertiary/aromatic N) is 2. The molecule has 1 saturated heterocycles. The molecule has 0 spiro atoms. The summed E-state index contributed by atoms with van der Waals surface area (Å²) < 4.78 is 6.00. The fourth-order valence-electron chi connectivity index (χ4n) is 1.91. The lowest BCUT2D eigenvalue weighted by atomic mass is 10.1. The maximum absolute atomic E-state index is 9.21. The number of rotatable bonds is 3. The zero-order valence-electron chi connectivity index (χ0n) is 9.63. The molecule has 0 aromatic heterocycles. The summed E-state index contributed by atoms with van der Waals surface area (Å²) in [7, 11) is -1.61. The summed E-state index contributed by atoms with van der Waals surface area (Å²) in [6.45, 7) is 11.3. The highest BCUT2D eigenvalue weighted by Gasteiger charge is 2.41.